The molecular weight excluding hydrogens is 444 g/mol. The van der Waals surface area contributed by atoms with Crippen molar-refractivity contribution in [1.29, 1.82) is 0 Å². The number of rotatable bonds is 12. The molecule has 0 amide bonds. The first-order valence-electron chi connectivity index (χ1n) is 12.6. The van der Waals surface area contributed by atoms with E-state index in [-0.39, 0.29) is 11.1 Å². The van der Waals surface area contributed by atoms with E-state index < -0.39 is 14.4 Å². The molecule has 2 atom stereocenters. The van der Waals surface area contributed by atoms with E-state index in [9.17, 15) is 5.11 Å². The van der Waals surface area contributed by atoms with E-state index in [0.29, 0.717) is 12.8 Å². The van der Waals surface area contributed by atoms with E-state index >= 15 is 0 Å². The molecule has 2 nitrogen and oxygen atoms in total. The third-order valence-electron chi connectivity index (χ3n) is 6.50. The number of aliphatic hydroxyl groups excluding tert-OH is 1. The van der Waals surface area contributed by atoms with Crippen molar-refractivity contribution < 1.29 is 9.53 Å². The Bertz CT molecular complexity index is 1000. The average molecular weight is 485 g/mol. The van der Waals surface area contributed by atoms with Gasteiger partial charge in [0.1, 0.15) is 0 Å². The summed E-state index contributed by atoms with van der Waals surface area (Å²) in [5.41, 5.74) is 1.31. The van der Waals surface area contributed by atoms with Crippen molar-refractivity contribution in [3.63, 3.8) is 0 Å². The van der Waals surface area contributed by atoms with Crippen LogP contribution < -0.4 is 10.4 Å². The quantitative estimate of drug-likeness (QED) is 0.236. The molecule has 0 fully saturated rings. The fourth-order valence-electron chi connectivity index (χ4n) is 4.74. The average Bonchev–Trinajstić information content (AvgIpc) is 2.86. The standard InChI is InChI=1S/C32H40O2Si/c1-5-16-28(33)19-15-20-29(26-25-27-17-9-6-10-18-27)34-35(32(2,3)4,30-21-11-7-12-22-30)31-23-13-8-14-24-31/h5-15,17-18,20-24,28-29,33H,1,16,19,25-26H2,2-4H3/b20-15+/t28-,29?/m0/s1. The first-order chi connectivity index (χ1) is 16.9. The summed E-state index contributed by atoms with van der Waals surface area (Å²) in [6, 6.07) is 32.2. The Morgan fingerprint density at radius 2 is 1.34 bits per heavy atom. The smallest absolute Gasteiger partial charge is 0.261 e. The molecule has 3 aromatic carbocycles. The normalized spacial score (nSPS) is 14.1. The van der Waals surface area contributed by atoms with Gasteiger partial charge in [-0.25, -0.2) is 0 Å². The van der Waals surface area contributed by atoms with Crippen molar-refractivity contribution >= 4 is 18.7 Å². The second-order valence-electron chi connectivity index (χ2n) is 10.2. The van der Waals surface area contributed by atoms with Crippen molar-refractivity contribution in [3.8, 4) is 0 Å². The molecule has 1 N–H and O–H groups in total. The SMILES string of the molecule is C=CC[C@H](O)C/C=C/C(CCc1ccccc1)O[Si](c1ccccc1)(c1ccccc1)C(C)(C)C. The molecule has 0 heterocycles. The molecule has 0 saturated carbocycles. The molecule has 0 aliphatic carbocycles. The van der Waals surface area contributed by atoms with E-state index in [1.54, 1.807) is 6.08 Å². The van der Waals surface area contributed by atoms with Crippen LogP contribution in [0, 0.1) is 0 Å². The molecule has 0 aliphatic heterocycles. The molecule has 0 radical (unpaired) electrons. The zero-order chi connectivity index (χ0) is 25.2. The van der Waals surface area contributed by atoms with Crippen LogP contribution in [0.4, 0.5) is 0 Å². The van der Waals surface area contributed by atoms with E-state index in [0.717, 1.165) is 12.8 Å². The van der Waals surface area contributed by atoms with Gasteiger partial charge >= 0.3 is 0 Å². The van der Waals surface area contributed by atoms with Gasteiger partial charge in [-0.1, -0.05) is 130 Å². The maximum Gasteiger partial charge on any atom is 0.261 e. The summed E-state index contributed by atoms with van der Waals surface area (Å²) in [7, 11) is -2.67. The molecule has 3 rings (SSSR count). The van der Waals surface area contributed by atoms with Gasteiger partial charge in [-0.3, -0.25) is 0 Å². The Hall–Kier alpha value is -2.72. The van der Waals surface area contributed by atoms with Crippen LogP contribution in [0.5, 0.6) is 0 Å². The van der Waals surface area contributed by atoms with Gasteiger partial charge in [-0.2, -0.15) is 0 Å². The van der Waals surface area contributed by atoms with Gasteiger partial charge in [0, 0.05) is 0 Å². The summed E-state index contributed by atoms with van der Waals surface area (Å²) in [5, 5.41) is 12.7. The Balaban J connectivity index is 2.02. The number of hydrogen-bond donors (Lipinski definition) is 1. The highest BCUT2D eigenvalue weighted by Gasteiger charge is 2.51. The maximum atomic E-state index is 10.2. The third-order valence-corrected chi connectivity index (χ3v) is 11.6. The lowest BCUT2D eigenvalue weighted by atomic mass is 10.1. The minimum absolute atomic E-state index is 0.0718. The number of hydrogen-bond acceptors (Lipinski definition) is 2. The zero-order valence-corrected chi connectivity index (χ0v) is 22.4. The minimum Gasteiger partial charge on any atom is -0.401 e. The van der Waals surface area contributed by atoms with E-state index in [4.69, 9.17) is 4.43 Å². The molecule has 0 aromatic heterocycles. The number of benzene rings is 3. The molecule has 0 spiro atoms. The topological polar surface area (TPSA) is 29.5 Å². The van der Waals surface area contributed by atoms with Gasteiger partial charge in [0.05, 0.1) is 12.2 Å². The van der Waals surface area contributed by atoms with Crippen LogP contribution >= 0.6 is 0 Å². The van der Waals surface area contributed by atoms with Crippen LogP contribution in [0.25, 0.3) is 0 Å². The fraction of sp³-hybridized carbons (Fsp3) is 0.312. The predicted molar refractivity (Wildman–Crippen MR) is 152 cm³/mol. The minimum atomic E-state index is -2.67. The summed E-state index contributed by atoms with van der Waals surface area (Å²) in [4.78, 5) is 0. The fourth-order valence-corrected chi connectivity index (χ4v) is 9.41. The lowest BCUT2D eigenvalue weighted by molar-refractivity contribution is 0.180. The number of aryl methyl sites for hydroxylation is 1. The van der Waals surface area contributed by atoms with Gasteiger partial charge in [-0.15, -0.1) is 6.58 Å². The zero-order valence-electron chi connectivity index (χ0n) is 21.4. The molecule has 3 aromatic rings. The van der Waals surface area contributed by atoms with Crippen molar-refractivity contribution in [2.75, 3.05) is 0 Å². The molecule has 35 heavy (non-hydrogen) atoms. The molecule has 1 unspecified atom stereocenters. The Morgan fingerprint density at radius 3 is 1.83 bits per heavy atom. The van der Waals surface area contributed by atoms with Gasteiger partial charge in [-0.05, 0) is 46.7 Å². The third kappa shape index (κ3) is 7.14. The Kier molecular flexibility index (Phi) is 9.85. The maximum absolute atomic E-state index is 10.2. The van der Waals surface area contributed by atoms with Crippen LogP contribution in [-0.2, 0) is 10.8 Å². The summed E-state index contributed by atoms with van der Waals surface area (Å²) >= 11 is 0. The summed E-state index contributed by atoms with van der Waals surface area (Å²) < 4.78 is 7.39. The largest absolute Gasteiger partial charge is 0.401 e. The molecule has 0 aliphatic rings. The highest BCUT2D eigenvalue weighted by Crippen LogP contribution is 2.38. The van der Waals surface area contributed by atoms with Crippen LogP contribution in [0.2, 0.25) is 5.04 Å². The van der Waals surface area contributed by atoms with Gasteiger partial charge < -0.3 is 9.53 Å². The van der Waals surface area contributed by atoms with Gasteiger partial charge in [0.25, 0.3) is 8.32 Å². The Labute approximate surface area is 213 Å². The highest BCUT2D eigenvalue weighted by molar-refractivity contribution is 6.99. The number of aliphatic hydroxyl groups is 1. The monoisotopic (exact) mass is 484 g/mol. The van der Waals surface area contributed by atoms with E-state index in [1.807, 2.05) is 0 Å². The van der Waals surface area contributed by atoms with Gasteiger partial charge in [0.2, 0.25) is 0 Å². The molecule has 0 bridgehead atoms. The highest BCUT2D eigenvalue weighted by atomic mass is 28.4. The Morgan fingerprint density at radius 1 is 0.829 bits per heavy atom. The lowest BCUT2D eigenvalue weighted by Gasteiger charge is -2.45. The van der Waals surface area contributed by atoms with E-state index in [2.05, 4.69) is 130 Å². The molecular formula is C32H40O2Si. The second-order valence-corrected chi connectivity index (χ2v) is 14.4. The van der Waals surface area contributed by atoms with Crippen LogP contribution in [0.3, 0.4) is 0 Å². The van der Waals surface area contributed by atoms with Crippen LogP contribution in [0.15, 0.2) is 116 Å². The first kappa shape index (κ1) is 26.9. The van der Waals surface area contributed by atoms with Crippen LogP contribution in [-0.4, -0.2) is 25.6 Å². The second kappa shape index (κ2) is 12.8. The molecule has 0 saturated heterocycles. The van der Waals surface area contributed by atoms with Crippen molar-refractivity contribution in [1.82, 2.24) is 0 Å². The first-order valence-corrected chi connectivity index (χ1v) is 14.6. The van der Waals surface area contributed by atoms with Crippen LogP contribution in [0.1, 0.15) is 45.6 Å². The molecule has 184 valence electrons. The predicted octanol–water partition coefficient (Wildman–Crippen LogP) is 6.45. The summed E-state index contributed by atoms with van der Waals surface area (Å²) in [6.45, 7) is 10.7. The van der Waals surface area contributed by atoms with Crippen molar-refractivity contribution in [2.45, 2.75) is 63.7 Å². The van der Waals surface area contributed by atoms with Crippen molar-refractivity contribution in [3.05, 3.63) is 121 Å². The van der Waals surface area contributed by atoms with E-state index in [1.165, 1.54) is 15.9 Å². The van der Waals surface area contributed by atoms with Crippen molar-refractivity contribution in [2.24, 2.45) is 0 Å². The summed E-state index contributed by atoms with van der Waals surface area (Å²) in [6.07, 6.45) is 8.54. The lowest BCUT2D eigenvalue weighted by Crippen LogP contribution is -2.67. The van der Waals surface area contributed by atoms with Gasteiger partial charge in [0.15, 0.2) is 0 Å². The molecule has 3 heteroatoms. The summed E-state index contributed by atoms with van der Waals surface area (Å²) in [5.74, 6) is 0.